The van der Waals surface area contributed by atoms with Gasteiger partial charge in [-0.05, 0) is 80.4 Å². The molecule has 0 unspecified atom stereocenters. The Balaban J connectivity index is 0.00000294. The van der Waals surface area contributed by atoms with E-state index in [0.29, 0.717) is 40.3 Å². The van der Waals surface area contributed by atoms with Gasteiger partial charge in [-0.25, -0.2) is 4.68 Å². The molecular weight excluding hydrogens is 627 g/mol. The maximum atomic E-state index is 13.1. The molecule has 0 fully saturated rings. The predicted molar refractivity (Wildman–Crippen MR) is 154 cm³/mol. The van der Waals surface area contributed by atoms with Gasteiger partial charge in [0.1, 0.15) is 0 Å². The fourth-order valence-corrected chi connectivity index (χ4v) is 5.00. The molecule has 3 N–H and O–H groups in total. The van der Waals surface area contributed by atoms with E-state index in [0.717, 1.165) is 5.01 Å². The number of hydrazone groups is 1. The van der Waals surface area contributed by atoms with E-state index >= 15 is 0 Å². The van der Waals surface area contributed by atoms with Gasteiger partial charge in [-0.3, -0.25) is 13.9 Å². The van der Waals surface area contributed by atoms with E-state index < -0.39 is 26.1 Å². The quantitative estimate of drug-likeness (QED) is 0.197. The van der Waals surface area contributed by atoms with Gasteiger partial charge in [-0.15, -0.1) is 0 Å². The van der Waals surface area contributed by atoms with Crippen molar-refractivity contribution in [1.82, 2.24) is 9.78 Å². The molecule has 3 aromatic rings. The van der Waals surface area contributed by atoms with Crippen LogP contribution in [0.5, 0.6) is 5.88 Å². The smallest absolute Gasteiger partial charge is 0.294 e. The third-order valence-corrected chi connectivity index (χ3v) is 7.75. The molecule has 1 aliphatic rings. The van der Waals surface area contributed by atoms with Gasteiger partial charge in [0.2, 0.25) is 5.88 Å². The number of rotatable bonds is 7. The summed E-state index contributed by atoms with van der Waals surface area (Å²) in [5.74, 6) is -0.642. The molecular formula is C25H24K2N4O8S2. The van der Waals surface area contributed by atoms with Gasteiger partial charge < -0.3 is 5.11 Å². The number of hydrogen-bond donors (Lipinski definition) is 3. The minimum Gasteiger partial charge on any atom is -0.493 e. The molecule has 16 heteroatoms. The zero-order chi connectivity index (χ0) is 28.7. The average Bonchev–Trinajstić information content (AvgIpc) is 3.33. The number of aromatic hydroxyl groups is 1. The molecule has 2 heterocycles. The third-order valence-electron chi connectivity index (χ3n) is 6.01. The van der Waals surface area contributed by atoms with Crippen LogP contribution in [0.15, 0.2) is 81.1 Å². The summed E-state index contributed by atoms with van der Waals surface area (Å²) in [6.45, 7) is 5.20. The number of aromatic nitrogens is 2. The normalized spacial score (nSPS) is 15.0. The fraction of sp³-hybridized carbons (Fsp3) is 0.160. The molecule has 206 valence electrons. The number of benzene rings is 2. The maximum absolute atomic E-state index is 13.1. The monoisotopic (exact) mass is 650 g/mol. The summed E-state index contributed by atoms with van der Waals surface area (Å²) >= 11 is 0. The first-order chi connectivity index (χ1) is 18.2. The van der Waals surface area contributed by atoms with Crippen LogP contribution in [0.25, 0.3) is 11.3 Å². The zero-order valence-electron chi connectivity index (χ0n) is 23.0. The number of aryl methyl sites for hydroxylation is 1. The van der Waals surface area contributed by atoms with Crippen LogP contribution in [0, 0.1) is 6.92 Å². The summed E-state index contributed by atoms with van der Waals surface area (Å²) in [5, 5.41) is 20.7. The van der Waals surface area contributed by atoms with Crippen molar-refractivity contribution in [1.29, 1.82) is 0 Å². The Morgan fingerprint density at radius 3 is 1.83 bits per heavy atom. The molecule has 4 rings (SSSR count). The molecule has 1 aliphatic heterocycles. The first-order valence-corrected chi connectivity index (χ1v) is 14.4. The third kappa shape index (κ3) is 8.01. The van der Waals surface area contributed by atoms with Crippen LogP contribution >= 0.6 is 0 Å². The Morgan fingerprint density at radius 1 is 0.878 bits per heavy atom. The van der Waals surface area contributed by atoms with Crippen LogP contribution in [-0.4, -0.2) is 155 Å². The molecule has 0 aliphatic carbocycles. The van der Waals surface area contributed by atoms with Gasteiger partial charge in [0, 0.05) is 103 Å². The van der Waals surface area contributed by atoms with E-state index in [4.69, 9.17) is 4.55 Å². The molecule has 41 heavy (non-hydrogen) atoms. The summed E-state index contributed by atoms with van der Waals surface area (Å²) < 4.78 is 64.8. The number of anilines is 1. The van der Waals surface area contributed by atoms with Crippen molar-refractivity contribution in [3.63, 3.8) is 0 Å². The second-order valence-electron chi connectivity index (χ2n) is 8.56. The van der Waals surface area contributed by atoms with Crippen molar-refractivity contribution in [2.24, 2.45) is 5.10 Å². The molecule has 2 aromatic carbocycles. The van der Waals surface area contributed by atoms with Crippen molar-refractivity contribution >= 4 is 146 Å². The second kappa shape index (κ2) is 14.3. The van der Waals surface area contributed by atoms with Crippen molar-refractivity contribution in [3.05, 3.63) is 77.5 Å². The number of carbonyl (C=O) groups is 1. The summed E-state index contributed by atoms with van der Waals surface area (Å²) in [6, 6.07) is 10.2. The second-order valence-corrected chi connectivity index (χ2v) is 11.4. The molecule has 0 saturated heterocycles. The Kier molecular flexibility index (Phi) is 12.7. The van der Waals surface area contributed by atoms with Crippen molar-refractivity contribution in [3.8, 4) is 11.6 Å². The summed E-state index contributed by atoms with van der Waals surface area (Å²) in [4.78, 5) is 12.5. The van der Waals surface area contributed by atoms with E-state index in [9.17, 15) is 31.3 Å². The van der Waals surface area contributed by atoms with Gasteiger partial charge in [-0.2, -0.15) is 32.0 Å². The standard InChI is InChI=1S/C25H24N4O8S2.2K/c1-4-17(23-16(3)27-29(25(23)31)19-8-12-21(13-9-19)39(35,36)37)5-14-22-15(2)26-28(24(22)30)18-6-10-20(11-7-18)38(32,33)34;;/h5-14,31H,4H2,1-3H3,(H,32,33,34)(H,35,36,37);;. The van der Waals surface area contributed by atoms with Gasteiger partial charge in [0.25, 0.3) is 26.1 Å². The molecule has 1 amide bonds. The number of hydrogen-bond acceptors (Lipinski definition) is 8. The molecule has 12 nitrogen and oxygen atoms in total. The summed E-state index contributed by atoms with van der Waals surface area (Å²) in [6.07, 6.45) is 3.72. The predicted octanol–water partition coefficient (Wildman–Crippen LogP) is 2.76. The Morgan fingerprint density at radius 2 is 1.37 bits per heavy atom. The first kappa shape index (κ1) is 36.4. The number of allylic oxidation sites excluding steroid dienone is 3. The van der Waals surface area contributed by atoms with Crippen LogP contribution in [0.4, 0.5) is 5.69 Å². The topological polar surface area (TPSA) is 179 Å². The molecule has 1 aromatic heterocycles. The molecule has 0 bridgehead atoms. The van der Waals surface area contributed by atoms with E-state index in [1.54, 1.807) is 26.0 Å². The molecule has 0 atom stereocenters. The first-order valence-electron chi connectivity index (χ1n) is 11.5. The van der Waals surface area contributed by atoms with E-state index in [1.165, 1.54) is 53.2 Å². The fourth-order valence-electron chi connectivity index (χ4n) is 4.04. The van der Waals surface area contributed by atoms with Crippen LogP contribution < -0.4 is 5.01 Å². The minimum absolute atomic E-state index is 0. The largest absolute Gasteiger partial charge is 0.493 e. The SMILES string of the molecule is CCC(=CC=C1C(=O)N(c2ccc(S(=O)(=O)O)cc2)N=C1C)c1c(C)nn(-c2ccc(S(=O)(=O)O)cc2)c1O.[K].[K]. The van der Waals surface area contributed by atoms with Gasteiger partial charge in [0.05, 0.1) is 43.7 Å². The van der Waals surface area contributed by atoms with Gasteiger partial charge >= 0.3 is 0 Å². The van der Waals surface area contributed by atoms with Crippen LogP contribution in [0.3, 0.4) is 0 Å². The van der Waals surface area contributed by atoms with E-state index in [-0.39, 0.29) is 124 Å². The van der Waals surface area contributed by atoms with Gasteiger partial charge in [-0.1, -0.05) is 13.0 Å². The average molecular weight is 651 g/mol. The van der Waals surface area contributed by atoms with Crippen LogP contribution in [0.2, 0.25) is 0 Å². The summed E-state index contributed by atoms with van der Waals surface area (Å²) in [7, 11) is -8.75. The molecule has 0 spiro atoms. The van der Waals surface area contributed by atoms with Crippen molar-refractivity contribution in [2.75, 3.05) is 5.01 Å². The van der Waals surface area contributed by atoms with Crippen LogP contribution in [0.1, 0.15) is 31.5 Å². The molecule has 2 radical (unpaired) electrons. The van der Waals surface area contributed by atoms with Crippen molar-refractivity contribution in [2.45, 2.75) is 37.0 Å². The summed E-state index contributed by atoms with van der Waals surface area (Å²) in [5.41, 5.74) is 2.96. The van der Waals surface area contributed by atoms with Crippen molar-refractivity contribution < 1.29 is 35.8 Å². The van der Waals surface area contributed by atoms with E-state index in [1.807, 2.05) is 6.92 Å². The Bertz CT molecular complexity index is 1780. The maximum Gasteiger partial charge on any atom is 0.294 e. The minimum atomic E-state index is -4.38. The number of amides is 1. The Labute approximate surface area is 322 Å². The Hall–Kier alpha value is -0.837. The van der Waals surface area contributed by atoms with Gasteiger partial charge in [0.15, 0.2) is 0 Å². The number of nitrogens with zero attached hydrogens (tertiary/aromatic N) is 4. The zero-order valence-corrected chi connectivity index (χ0v) is 30.8. The molecule has 0 saturated carbocycles. The van der Waals surface area contributed by atoms with Crippen LogP contribution in [-0.2, 0) is 25.0 Å². The number of carbonyl (C=O) groups excluding carboxylic acids is 1. The van der Waals surface area contributed by atoms with E-state index in [2.05, 4.69) is 10.2 Å².